The Morgan fingerprint density at radius 1 is 1.15 bits per heavy atom. The van der Waals surface area contributed by atoms with E-state index in [0.717, 1.165) is 6.07 Å². The minimum atomic E-state index is -3.79. The van der Waals surface area contributed by atoms with E-state index in [-0.39, 0.29) is 35.3 Å². The van der Waals surface area contributed by atoms with Gasteiger partial charge in [0.2, 0.25) is 10.0 Å². The van der Waals surface area contributed by atoms with Crippen molar-refractivity contribution in [2.45, 2.75) is 17.7 Å². The summed E-state index contributed by atoms with van der Waals surface area (Å²) in [7, 11) is -3.79. The average molecular weight is 394 g/mol. The SMILES string of the molecule is O=[N+]([O-])c1cccc(S(=O)(=O)N2CCC(COc3ccccc3F)CC2)c1. The first kappa shape index (κ1) is 19.2. The van der Waals surface area contributed by atoms with Gasteiger partial charge < -0.3 is 4.74 Å². The predicted octanol–water partition coefficient (Wildman–Crippen LogP) is 3.21. The van der Waals surface area contributed by atoms with Crippen LogP contribution in [0.25, 0.3) is 0 Å². The molecule has 1 aliphatic rings. The maximum absolute atomic E-state index is 13.6. The molecule has 0 bridgehead atoms. The molecule has 0 aliphatic carbocycles. The van der Waals surface area contributed by atoms with E-state index in [4.69, 9.17) is 4.74 Å². The van der Waals surface area contributed by atoms with Crippen molar-refractivity contribution in [2.75, 3.05) is 19.7 Å². The Kier molecular flexibility index (Phi) is 5.71. The number of nitro groups is 1. The van der Waals surface area contributed by atoms with Crippen molar-refractivity contribution in [1.29, 1.82) is 0 Å². The molecule has 0 atom stereocenters. The number of nitrogens with zero attached hydrogens (tertiary/aromatic N) is 2. The quantitative estimate of drug-likeness (QED) is 0.554. The van der Waals surface area contributed by atoms with Gasteiger partial charge in [-0.2, -0.15) is 4.31 Å². The molecule has 9 heteroatoms. The molecule has 0 N–H and O–H groups in total. The lowest BCUT2D eigenvalue weighted by Crippen LogP contribution is -2.39. The normalized spacial score (nSPS) is 16.2. The van der Waals surface area contributed by atoms with Crippen LogP contribution in [0.2, 0.25) is 0 Å². The van der Waals surface area contributed by atoms with E-state index < -0.39 is 20.8 Å². The summed E-state index contributed by atoms with van der Waals surface area (Å²) in [5.74, 6) is -0.131. The Morgan fingerprint density at radius 3 is 2.52 bits per heavy atom. The lowest BCUT2D eigenvalue weighted by atomic mass is 9.99. The van der Waals surface area contributed by atoms with Gasteiger partial charge in [0, 0.05) is 25.2 Å². The van der Waals surface area contributed by atoms with Crippen molar-refractivity contribution in [2.24, 2.45) is 5.92 Å². The molecule has 0 spiro atoms. The Hall–Kier alpha value is -2.52. The summed E-state index contributed by atoms with van der Waals surface area (Å²) in [5.41, 5.74) is -0.260. The molecule has 0 saturated carbocycles. The minimum Gasteiger partial charge on any atom is -0.490 e. The summed E-state index contributed by atoms with van der Waals surface area (Å²) in [4.78, 5) is 10.2. The molecule has 27 heavy (non-hydrogen) atoms. The topological polar surface area (TPSA) is 89.8 Å². The smallest absolute Gasteiger partial charge is 0.270 e. The molecule has 7 nitrogen and oxygen atoms in total. The van der Waals surface area contributed by atoms with E-state index in [2.05, 4.69) is 0 Å². The number of hydrogen-bond acceptors (Lipinski definition) is 5. The molecule has 3 rings (SSSR count). The third-order valence-corrected chi connectivity index (χ3v) is 6.45. The van der Waals surface area contributed by atoms with Gasteiger partial charge in [0.25, 0.3) is 5.69 Å². The Morgan fingerprint density at radius 2 is 1.85 bits per heavy atom. The van der Waals surface area contributed by atoms with E-state index in [9.17, 15) is 22.9 Å². The molecule has 2 aromatic carbocycles. The van der Waals surface area contributed by atoms with Crippen molar-refractivity contribution in [3.63, 3.8) is 0 Å². The van der Waals surface area contributed by atoms with Gasteiger partial charge in [-0.1, -0.05) is 18.2 Å². The van der Waals surface area contributed by atoms with Gasteiger partial charge in [0.1, 0.15) is 0 Å². The van der Waals surface area contributed by atoms with Crippen molar-refractivity contribution < 1.29 is 22.5 Å². The fraction of sp³-hybridized carbons (Fsp3) is 0.333. The number of benzene rings is 2. The number of non-ortho nitro benzene ring substituents is 1. The highest BCUT2D eigenvalue weighted by atomic mass is 32.2. The van der Waals surface area contributed by atoms with Crippen LogP contribution in [0.15, 0.2) is 53.4 Å². The number of halogens is 1. The number of piperidine rings is 1. The molecule has 0 radical (unpaired) electrons. The summed E-state index contributed by atoms with van der Waals surface area (Å²) in [5, 5.41) is 10.9. The first-order chi connectivity index (χ1) is 12.9. The maximum atomic E-state index is 13.6. The first-order valence-corrected chi connectivity index (χ1v) is 9.94. The largest absolute Gasteiger partial charge is 0.490 e. The van der Waals surface area contributed by atoms with Gasteiger partial charge in [0.05, 0.1) is 16.4 Å². The van der Waals surface area contributed by atoms with Crippen molar-refractivity contribution in [3.05, 3.63) is 64.5 Å². The summed E-state index contributed by atoms with van der Waals surface area (Å²) in [6, 6.07) is 11.2. The van der Waals surface area contributed by atoms with Gasteiger partial charge in [0.15, 0.2) is 11.6 Å². The number of nitro benzene ring substituents is 1. The number of ether oxygens (including phenoxy) is 1. The van der Waals surface area contributed by atoms with Crippen LogP contribution in [0.3, 0.4) is 0 Å². The molecule has 1 fully saturated rings. The minimum absolute atomic E-state index is 0.0854. The van der Waals surface area contributed by atoms with E-state index in [1.807, 2.05) is 0 Å². The zero-order valence-electron chi connectivity index (χ0n) is 14.5. The summed E-state index contributed by atoms with van der Waals surface area (Å²) >= 11 is 0. The van der Waals surface area contributed by atoms with Crippen molar-refractivity contribution in [3.8, 4) is 5.75 Å². The van der Waals surface area contributed by atoms with Gasteiger partial charge in [-0.05, 0) is 37.0 Å². The molecule has 2 aromatic rings. The van der Waals surface area contributed by atoms with Crippen LogP contribution in [0, 0.1) is 21.8 Å². The standard InChI is InChI=1S/C18H19FN2O5S/c19-17-6-1-2-7-18(17)26-13-14-8-10-20(11-9-14)27(24,25)16-5-3-4-15(12-16)21(22)23/h1-7,12,14H,8-11,13H2. The van der Waals surface area contributed by atoms with Crippen LogP contribution in [-0.4, -0.2) is 37.3 Å². The molecular weight excluding hydrogens is 375 g/mol. The van der Waals surface area contributed by atoms with Crippen molar-refractivity contribution in [1.82, 2.24) is 4.31 Å². The lowest BCUT2D eigenvalue weighted by Gasteiger charge is -2.31. The third-order valence-electron chi connectivity index (χ3n) is 4.55. The van der Waals surface area contributed by atoms with Gasteiger partial charge in [-0.3, -0.25) is 10.1 Å². The maximum Gasteiger partial charge on any atom is 0.270 e. The van der Waals surface area contributed by atoms with Crippen molar-refractivity contribution >= 4 is 15.7 Å². The zero-order chi connectivity index (χ0) is 19.4. The molecule has 0 amide bonds. The molecule has 1 aliphatic heterocycles. The summed E-state index contributed by atoms with van der Waals surface area (Å²) < 4.78 is 45.8. The van der Waals surface area contributed by atoms with E-state index in [0.29, 0.717) is 19.4 Å². The zero-order valence-corrected chi connectivity index (χ0v) is 15.3. The van der Waals surface area contributed by atoms with Crippen LogP contribution in [0.1, 0.15) is 12.8 Å². The fourth-order valence-electron chi connectivity index (χ4n) is 2.99. The second-order valence-electron chi connectivity index (χ2n) is 6.34. The summed E-state index contributed by atoms with van der Waals surface area (Å²) in [6.45, 7) is 0.887. The Labute approximate surface area is 156 Å². The Balaban J connectivity index is 1.60. The molecule has 0 aromatic heterocycles. The second-order valence-corrected chi connectivity index (χ2v) is 8.28. The highest BCUT2D eigenvalue weighted by Gasteiger charge is 2.30. The monoisotopic (exact) mass is 394 g/mol. The van der Waals surface area contributed by atoms with Crippen LogP contribution >= 0.6 is 0 Å². The first-order valence-electron chi connectivity index (χ1n) is 8.50. The fourth-order valence-corrected chi connectivity index (χ4v) is 4.50. The molecule has 0 unspecified atom stereocenters. The summed E-state index contributed by atoms with van der Waals surface area (Å²) in [6.07, 6.45) is 1.14. The number of sulfonamides is 1. The molecular formula is C18H19FN2O5S. The van der Waals surface area contributed by atoms with Crippen LogP contribution in [-0.2, 0) is 10.0 Å². The van der Waals surface area contributed by atoms with Crippen LogP contribution in [0.5, 0.6) is 5.75 Å². The second kappa shape index (κ2) is 8.01. The molecule has 144 valence electrons. The third kappa shape index (κ3) is 4.42. The lowest BCUT2D eigenvalue weighted by molar-refractivity contribution is -0.385. The predicted molar refractivity (Wildman–Crippen MR) is 96.5 cm³/mol. The van der Waals surface area contributed by atoms with E-state index in [1.54, 1.807) is 18.2 Å². The average Bonchev–Trinajstić information content (AvgIpc) is 2.68. The highest BCUT2D eigenvalue weighted by molar-refractivity contribution is 7.89. The number of rotatable bonds is 6. The highest BCUT2D eigenvalue weighted by Crippen LogP contribution is 2.26. The van der Waals surface area contributed by atoms with E-state index >= 15 is 0 Å². The number of hydrogen-bond donors (Lipinski definition) is 0. The van der Waals surface area contributed by atoms with Gasteiger partial charge in [-0.25, -0.2) is 12.8 Å². The van der Waals surface area contributed by atoms with Gasteiger partial charge in [-0.15, -0.1) is 0 Å². The molecule has 1 saturated heterocycles. The van der Waals surface area contributed by atoms with Crippen LogP contribution in [0.4, 0.5) is 10.1 Å². The van der Waals surface area contributed by atoms with Crippen LogP contribution < -0.4 is 4.74 Å². The molecule has 1 heterocycles. The number of para-hydroxylation sites is 1. The Bertz CT molecular complexity index is 927. The van der Waals surface area contributed by atoms with Gasteiger partial charge >= 0.3 is 0 Å². The van der Waals surface area contributed by atoms with E-state index in [1.165, 1.54) is 28.6 Å².